The molecular formula is C15H20FNO2. The summed E-state index contributed by atoms with van der Waals surface area (Å²) in [6, 6.07) is 4.77. The second-order valence-corrected chi connectivity index (χ2v) is 5.49. The Hall–Kier alpha value is -1.58. The van der Waals surface area contributed by atoms with E-state index in [9.17, 15) is 9.18 Å². The first-order valence-corrected chi connectivity index (χ1v) is 6.74. The zero-order valence-electron chi connectivity index (χ0n) is 11.4. The quantitative estimate of drug-likeness (QED) is 0.908. The molecule has 0 saturated heterocycles. The lowest BCUT2D eigenvalue weighted by molar-refractivity contribution is 0.0692. The van der Waals surface area contributed by atoms with Crippen LogP contribution in [0.3, 0.4) is 0 Å². The Morgan fingerprint density at radius 3 is 2.47 bits per heavy atom. The third kappa shape index (κ3) is 3.06. The molecule has 0 heterocycles. The third-order valence-electron chi connectivity index (χ3n) is 4.12. The van der Waals surface area contributed by atoms with E-state index in [1.165, 1.54) is 25.0 Å². The van der Waals surface area contributed by atoms with Crippen molar-refractivity contribution in [3.8, 4) is 0 Å². The highest BCUT2D eigenvalue weighted by atomic mass is 19.1. The molecule has 1 fully saturated rings. The maximum atomic E-state index is 13.7. The van der Waals surface area contributed by atoms with Crippen LogP contribution in [-0.4, -0.2) is 24.2 Å². The molecule has 3 nitrogen and oxygen atoms in total. The van der Waals surface area contributed by atoms with Crippen molar-refractivity contribution in [1.29, 1.82) is 0 Å². The van der Waals surface area contributed by atoms with Crippen molar-refractivity contribution >= 4 is 11.7 Å². The van der Waals surface area contributed by atoms with Gasteiger partial charge in [0.15, 0.2) is 0 Å². The average Bonchev–Trinajstić information content (AvgIpc) is 2.38. The van der Waals surface area contributed by atoms with Gasteiger partial charge in [0, 0.05) is 18.8 Å². The largest absolute Gasteiger partial charge is 0.478 e. The van der Waals surface area contributed by atoms with E-state index in [1.54, 1.807) is 6.07 Å². The van der Waals surface area contributed by atoms with E-state index in [4.69, 9.17) is 5.11 Å². The van der Waals surface area contributed by atoms with E-state index in [2.05, 4.69) is 11.8 Å². The fourth-order valence-electron chi connectivity index (χ4n) is 2.74. The first-order chi connectivity index (χ1) is 8.99. The molecule has 1 aliphatic carbocycles. The minimum atomic E-state index is -1.22. The molecule has 0 bridgehead atoms. The van der Waals surface area contributed by atoms with Gasteiger partial charge >= 0.3 is 5.97 Å². The Morgan fingerprint density at radius 2 is 1.95 bits per heavy atom. The lowest BCUT2D eigenvalue weighted by atomic mass is 9.86. The molecule has 0 unspecified atom stereocenters. The molecular weight excluding hydrogens is 245 g/mol. The van der Waals surface area contributed by atoms with Crippen LogP contribution < -0.4 is 4.90 Å². The van der Waals surface area contributed by atoms with Gasteiger partial charge in [-0.05, 0) is 49.8 Å². The molecule has 0 aliphatic heterocycles. The van der Waals surface area contributed by atoms with Gasteiger partial charge < -0.3 is 10.0 Å². The Labute approximate surface area is 113 Å². The maximum absolute atomic E-state index is 13.7. The Bertz CT molecular complexity index is 467. The van der Waals surface area contributed by atoms with E-state index >= 15 is 0 Å². The minimum absolute atomic E-state index is 0.269. The number of carboxylic acid groups (broad SMARTS) is 1. The van der Waals surface area contributed by atoms with Gasteiger partial charge in [-0.25, -0.2) is 9.18 Å². The van der Waals surface area contributed by atoms with Gasteiger partial charge in [-0.3, -0.25) is 0 Å². The van der Waals surface area contributed by atoms with E-state index in [0.717, 1.165) is 24.4 Å². The molecule has 0 aromatic heterocycles. The number of hydrogen-bond acceptors (Lipinski definition) is 2. The summed E-state index contributed by atoms with van der Waals surface area (Å²) in [6.07, 6.45) is 4.62. The molecule has 1 N–H and O–H groups in total. The third-order valence-corrected chi connectivity index (χ3v) is 4.12. The Balaban J connectivity index is 2.13. The number of carboxylic acids is 1. The standard InChI is InChI=1S/C15H20FNO2/c1-10-3-5-11(6-4-10)17(2)12-7-8-13(15(18)19)14(16)9-12/h7-11H,3-6H2,1-2H3,(H,18,19). The molecule has 0 spiro atoms. The van der Waals surface area contributed by atoms with Crippen LogP contribution in [0.5, 0.6) is 0 Å². The van der Waals surface area contributed by atoms with Crippen molar-refractivity contribution < 1.29 is 14.3 Å². The summed E-state index contributed by atoms with van der Waals surface area (Å²) in [4.78, 5) is 12.9. The van der Waals surface area contributed by atoms with Gasteiger partial charge in [-0.15, -0.1) is 0 Å². The number of aromatic carboxylic acids is 1. The fraction of sp³-hybridized carbons (Fsp3) is 0.533. The summed E-state index contributed by atoms with van der Waals surface area (Å²) in [5, 5.41) is 8.82. The van der Waals surface area contributed by atoms with Crippen LogP contribution in [0.2, 0.25) is 0 Å². The molecule has 1 aromatic rings. The summed E-state index contributed by atoms with van der Waals surface area (Å²) < 4.78 is 13.7. The molecule has 0 radical (unpaired) electrons. The lowest BCUT2D eigenvalue weighted by Crippen LogP contribution is -2.34. The summed E-state index contributed by atoms with van der Waals surface area (Å²) in [7, 11) is 1.95. The van der Waals surface area contributed by atoms with Crippen molar-refractivity contribution in [1.82, 2.24) is 0 Å². The number of halogens is 1. The molecule has 1 aromatic carbocycles. The highest BCUT2D eigenvalue weighted by molar-refractivity contribution is 5.88. The first kappa shape index (κ1) is 13.8. The minimum Gasteiger partial charge on any atom is -0.478 e. The van der Waals surface area contributed by atoms with Gasteiger partial charge in [0.05, 0.1) is 5.56 Å². The van der Waals surface area contributed by atoms with Gasteiger partial charge in [-0.2, -0.15) is 0 Å². The number of anilines is 1. The van der Waals surface area contributed by atoms with Crippen LogP contribution >= 0.6 is 0 Å². The van der Waals surface area contributed by atoms with Gasteiger partial charge in [0.2, 0.25) is 0 Å². The number of hydrogen-bond donors (Lipinski definition) is 1. The van der Waals surface area contributed by atoms with E-state index in [1.807, 2.05) is 7.05 Å². The smallest absolute Gasteiger partial charge is 0.338 e. The zero-order chi connectivity index (χ0) is 14.0. The van der Waals surface area contributed by atoms with Crippen molar-refractivity contribution in [2.45, 2.75) is 38.6 Å². The fourth-order valence-corrected chi connectivity index (χ4v) is 2.74. The highest BCUT2D eigenvalue weighted by Crippen LogP contribution is 2.29. The van der Waals surface area contributed by atoms with Crippen LogP contribution in [0, 0.1) is 11.7 Å². The SMILES string of the molecule is CC1CCC(N(C)c2ccc(C(=O)O)c(F)c2)CC1. The summed E-state index contributed by atoms with van der Waals surface area (Å²) in [6.45, 7) is 2.26. The first-order valence-electron chi connectivity index (χ1n) is 6.74. The number of nitrogens with zero attached hydrogens (tertiary/aromatic N) is 1. The zero-order valence-corrected chi connectivity index (χ0v) is 11.4. The Kier molecular flexibility index (Phi) is 4.08. The van der Waals surface area contributed by atoms with Crippen LogP contribution in [0.25, 0.3) is 0 Å². The summed E-state index contributed by atoms with van der Waals surface area (Å²) >= 11 is 0. The normalized spacial score (nSPS) is 23.1. The van der Waals surface area contributed by atoms with E-state index in [-0.39, 0.29) is 5.56 Å². The van der Waals surface area contributed by atoms with Gasteiger partial charge in [-0.1, -0.05) is 6.92 Å². The monoisotopic (exact) mass is 265 g/mol. The number of carbonyl (C=O) groups is 1. The maximum Gasteiger partial charge on any atom is 0.338 e. The van der Waals surface area contributed by atoms with Crippen molar-refractivity contribution in [2.24, 2.45) is 5.92 Å². The molecule has 0 amide bonds. The highest BCUT2D eigenvalue weighted by Gasteiger charge is 2.22. The van der Waals surface area contributed by atoms with Crippen LogP contribution in [0.15, 0.2) is 18.2 Å². The second kappa shape index (κ2) is 5.59. The van der Waals surface area contributed by atoms with Crippen LogP contribution in [0.4, 0.5) is 10.1 Å². The topological polar surface area (TPSA) is 40.5 Å². The molecule has 1 aliphatic rings. The molecule has 0 atom stereocenters. The van der Waals surface area contributed by atoms with Gasteiger partial charge in [0.1, 0.15) is 5.82 Å². The predicted octanol–water partition coefficient (Wildman–Crippen LogP) is 3.54. The van der Waals surface area contributed by atoms with Crippen LogP contribution in [-0.2, 0) is 0 Å². The van der Waals surface area contributed by atoms with E-state index in [0.29, 0.717) is 6.04 Å². The number of rotatable bonds is 3. The van der Waals surface area contributed by atoms with E-state index < -0.39 is 11.8 Å². The Morgan fingerprint density at radius 1 is 1.32 bits per heavy atom. The molecule has 1 saturated carbocycles. The number of benzene rings is 1. The predicted molar refractivity (Wildman–Crippen MR) is 73.2 cm³/mol. The second-order valence-electron chi connectivity index (χ2n) is 5.49. The van der Waals surface area contributed by atoms with Crippen molar-refractivity contribution in [3.05, 3.63) is 29.6 Å². The molecule has 104 valence electrons. The summed E-state index contributed by atoms with van der Waals surface area (Å²) in [5.74, 6) is -1.12. The van der Waals surface area contributed by atoms with Gasteiger partial charge in [0.25, 0.3) is 0 Å². The molecule has 4 heteroatoms. The molecule has 19 heavy (non-hydrogen) atoms. The van der Waals surface area contributed by atoms with Crippen molar-refractivity contribution in [3.63, 3.8) is 0 Å². The average molecular weight is 265 g/mol. The van der Waals surface area contributed by atoms with Crippen LogP contribution in [0.1, 0.15) is 43.0 Å². The lowest BCUT2D eigenvalue weighted by Gasteiger charge is -2.35. The summed E-state index contributed by atoms with van der Waals surface area (Å²) in [5.41, 5.74) is 0.483. The van der Waals surface area contributed by atoms with Crippen molar-refractivity contribution in [2.75, 3.05) is 11.9 Å². The molecule has 2 rings (SSSR count).